The molecule has 1 aliphatic heterocycles. The smallest absolute Gasteiger partial charge is 0.272 e. The zero-order chi connectivity index (χ0) is 18.9. The second-order valence-electron chi connectivity index (χ2n) is 6.91. The number of hydrogen-bond donors (Lipinski definition) is 0. The number of nitrogens with zero attached hydrogens (tertiary/aromatic N) is 4. The zero-order valence-electron chi connectivity index (χ0n) is 15.1. The Balaban J connectivity index is 1.27. The van der Waals surface area contributed by atoms with E-state index < -0.39 is 0 Å². The van der Waals surface area contributed by atoms with Crippen molar-refractivity contribution in [3.63, 3.8) is 0 Å². The number of aromatic nitrogens is 3. The minimum atomic E-state index is -0.0335. The summed E-state index contributed by atoms with van der Waals surface area (Å²) in [5.74, 6) is 1.20. The van der Waals surface area contributed by atoms with E-state index in [2.05, 4.69) is 15.2 Å². The second-order valence-corrected chi connectivity index (χ2v) is 6.91. The summed E-state index contributed by atoms with van der Waals surface area (Å²) in [6.45, 7) is 1.28. The Kier molecular flexibility index (Phi) is 4.12. The summed E-state index contributed by atoms with van der Waals surface area (Å²) in [5, 5.41) is 9.31. The van der Waals surface area contributed by atoms with Crippen molar-refractivity contribution >= 4 is 16.8 Å². The normalized spacial score (nSPS) is 15.2. The van der Waals surface area contributed by atoms with Gasteiger partial charge in [0.2, 0.25) is 5.89 Å². The fraction of sp³-hybridized carbons (Fsp3) is 0.238. The first-order valence-corrected chi connectivity index (χ1v) is 9.29. The van der Waals surface area contributed by atoms with Crippen LogP contribution < -0.4 is 0 Å². The summed E-state index contributed by atoms with van der Waals surface area (Å²) < 4.78 is 10.9. The number of rotatable bonds is 3. The van der Waals surface area contributed by atoms with Crippen molar-refractivity contribution in [2.24, 2.45) is 0 Å². The number of fused-ring (bicyclic) bond motifs is 1. The second kappa shape index (κ2) is 6.92. The molecule has 1 saturated heterocycles. The van der Waals surface area contributed by atoms with E-state index in [1.165, 1.54) is 0 Å². The number of likely N-dealkylation sites (tertiary alicyclic amines) is 1. The van der Waals surface area contributed by atoms with Gasteiger partial charge in [-0.25, -0.2) is 4.98 Å². The lowest BCUT2D eigenvalue weighted by Gasteiger charge is -2.30. The molecule has 0 aliphatic carbocycles. The van der Waals surface area contributed by atoms with Gasteiger partial charge in [0.25, 0.3) is 11.8 Å². The average molecular weight is 374 g/mol. The van der Waals surface area contributed by atoms with Crippen molar-refractivity contribution < 1.29 is 13.6 Å². The van der Waals surface area contributed by atoms with Gasteiger partial charge in [0, 0.05) is 24.4 Å². The lowest BCUT2D eigenvalue weighted by Crippen LogP contribution is -2.38. The van der Waals surface area contributed by atoms with Crippen molar-refractivity contribution in [1.29, 1.82) is 0 Å². The van der Waals surface area contributed by atoms with E-state index >= 15 is 0 Å². The van der Waals surface area contributed by atoms with Crippen molar-refractivity contribution in [3.05, 3.63) is 66.6 Å². The molecular weight excluding hydrogens is 356 g/mol. The fourth-order valence-electron chi connectivity index (χ4n) is 3.58. The van der Waals surface area contributed by atoms with Crippen molar-refractivity contribution in [2.75, 3.05) is 13.1 Å². The van der Waals surface area contributed by atoms with E-state index in [4.69, 9.17) is 8.83 Å². The summed E-state index contributed by atoms with van der Waals surface area (Å²) in [6.07, 6.45) is 4.72. The Morgan fingerprint density at radius 3 is 2.71 bits per heavy atom. The van der Waals surface area contributed by atoms with E-state index in [0.29, 0.717) is 30.6 Å². The molecule has 28 heavy (non-hydrogen) atoms. The number of carbonyl (C=O) groups excluding carboxylic acids is 1. The van der Waals surface area contributed by atoms with Crippen LogP contribution in [0.2, 0.25) is 0 Å². The van der Waals surface area contributed by atoms with Crippen LogP contribution in [0.1, 0.15) is 35.1 Å². The SMILES string of the molecule is O=C(c1ccc2ccccc2n1)N1CCC(c2nnc(-c3ccoc3)o2)CC1. The van der Waals surface area contributed by atoms with Crippen LogP contribution in [0.4, 0.5) is 0 Å². The first kappa shape index (κ1) is 16.7. The number of amides is 1. The minimum Gasteiger partial charge on any atom is -0.472 e. The Bertz CT molecular complexity index is 1110. The van der Waals surface area contributed by atoms with Gasteiger partial charge in [0.15, 0.2) is 0 Å². The predicted molar refractivity (Wildman–Crippen MR) is 102 cm³/mol. The third kappa shape index (κ3) is 3.05. The number of piperidine rings is 1. The molecule has 7 heteroatoms. The summed E-state index contributed by atoms with van der Waals surface area (Å²) in [4.78, 5) is 19.2. The molecule has 1 fully saturated rings. The van der Waals surface area contributed by atoms with Crippen LogP contribution in [-0.4, -0.2) is 39.1 Å². The third-order valence-corrected chi connectivity index (χ3v) is 5.16. The van der Waals surface area contributed by atoms with Gasteiger partial charge in [-0.15, -0.1) is 10.2 Å². The molecule has 4 heterocycles. The molecule has 0 unspecified atom stereocenters. The largest absolute Gasteiger partial charge is 0.472 e. The predicted octanol–water partition coefficient (Wildman–Crippen LogP) is 3.90. The lowest BCUT2D eigenvalue weighted by atomic mass is 9.96. The number of carbonyl (C=O) groups is 1. The van der Waals surface area contributed by atoms with E-state index in [0.717, 1.165) is 29.3 Å². The van der Waals surface area contributed by atoms with E-state index in [1.807, 2.05) is 35.2 Å². The molecule has 0 atom stereocenters. The topological polar surface area (TPSA) is 85.3 Å². The molecule has 140 valence electrons. The number of pyridine rings is 1. The molecule has 3 aromatic heterocycles. The fourth-order valence-corrected chi connectivity index (χ4v) is 3.58. The van der Waals surface area contributed by atoms with Gasteiger partial charge in [0.05, 0.1) is 17.3 Å². The number of hydrogen-bond acceptors (Lipinski definition) is 6. The van der Waals surface area contributed by atoms with Gasteiger partial charge >= 0.3 is 0 Å². The zero-order valence-corrected chi connectivity index (χ0v) is 15.1. The molecule has 0 spiro atoms. The van der Waals surface area contributed by atoms with Gasteiger partial charge in [0.1, 0.15) is 12.0 Å². The molecule has 7 nitrogen and oxygen atoms in total. The van der Waals surface area contributed by atoms with Gasteiger partial charge < -0.3 is 13.7 Å². The maximum Gasteiger partial charge on any atom is 0.272 e. The summed E-state index contributed by atoms with van der Waals surface area (Å²) in [6, 6.07) is 13.3. The molecule has 0 N–H and O–H groups in total. The Labute approximate surface area is 161 Å². The maximum absolute atomic E-state index is 12.8. The van der Waals surface area contributed by atoms with Gasteiger partial charge in [-0.2, -0.15) is 0 Å². The van der Waals surface area contributed by atoms with Gasteiger partial charge in [-0.1, -0.05) is 24.3 Å². The molecular formula is C21H18N4O3. The maximum atomic E-state index is 12.8. The van der Waals surface area contributed by atoms with Gasteiger partial charge in [-0.05, 0) is 31.0 Å². The number of furan rings is 1. The molecule has 5 rings (SSSR count). The highest BCUT2D eigenvalue weighted by atomic mass is 16.4. The van der Waals surface area contributed by atoms with Crippen LogP contribution in [-0.2, 0) is 0 Å². The number of para-hydroxylation sites is 1. The van der Waals surface area contributed by atoms with Crippen LogP contribution in [0.3, 0.4) is 0 Å². The first-order chi connectivity index (χ1) is 13.8. The van der Waals surface area contributed by atoms with Crippen LogP contribution in [0.25, 0.3) is 22.4 Å². The monoisotopic (exact) mass is 374 g/mol. The van der Waals surface area contributed by atoms with Gasteiger partial charge in [-0.3, -0.25) is 4.79 Å². The van der Waals surface area contributed by atoms with Crippen LogP contribution >= 0.6 is 0 Å². The van der Waals surface area contributed by atoms with Crippen LogP contribution in [0.15, 0.2) is 63.8 Å². The summed E-state index contributed by atoms with van der Waals surface area (Å²) in [5.41, 5.74) is 2.09. The molecule has 1 aromatic carbocycles. The Hall–Kier alpha value is -3.48. The molecule has 0 radical (unpaired) electrons. The van der Waals surface area contributed by atoms with Crippen LogP contribution in [0, 0.1) is 0 Å². The highest BCUT2D eigenvalue weighted by Crippen LogP contribution is 2.30. The van der Waals surface area contributed by atoms with E-state index in [9.17, 15) is 4.79 Å². The summed E-state index contributed by atoms with van der Waals surface area (Å²) >= 11 is 0. The molecule has 0 bridgehead atoms. The Morgan fingerprint density at radius 2 is 1.89 bits per heavy atom. The van der Waals surface area contributed by atoms with E-state index in [-0.39, 0.29) is 11.8 Å². The summed E-state index contributed by atoms with van der Waals surface area (Å²) in [7, 11) is 0. The molecule has 1 aliphatic rings. The molecule has 1 amide bonds. The third-order valence-electron chi connectivity index (χ3n) is 5.16. The molecule has 0 saturated carbocycles. The first-order valence-electron chi connectivity index (χ1n) is 9.29. The van der Waals surface area contributed by atoms with Crippen molar-refractivity contribution in [2.45, 2.75) is 18.8 Å². The van der Waals surface area contributed by atoms with Crippen molar-refractivity contribution in [1.82, 2.24) is 20.1 Å². The minimum absolute atomic E-state index is 0.0335. The van der Waals surface area contributed by atoms with Crippen molar-refractivity contribution in [3.8, 4) is 11.5 Å². The van der Waals surface area contributed by atoms with E-state index in [1.54, 1.807) is 24.7 Å². The van der Waals surface area contributed by atoms with Crippen LogP contribution in [0.5, 0.6) is 0 Å². The highest BCUT2D eigenvalue weighted by molar-refractivity contribution is 5.95. The number of benzene rings is 1. The standard InChI is InChI=1S/C21H18N4O3/c26-21(18-6-5-14-3-1-2-4-17(14)22-18)25-10-7-15(8-11-25)19-23-24-20(28-19)16-9-12-27-13-16/h1-6,9,12-13,15H,7-8,10-11H2. The quantitative estimate of drug-likeness (QED) is 0.541. The highest BCUT2D eigenvalue weighted by Gasteiger charge is 2.28. The molecule has 4 aromatic rings. The average Bonchev–Trinajstić information content (AvgIpc) is 3.45. The lowest BCUT2D eigenvalue weighted by molar-refractivity contribution is 0.0701. The Morgan fingerprint density at radius 1 is 1.04 bits per heavy atom.